The van der Waals surface area contributed by atoms with Gasteiger partial charge in [-0.05, 0) is 22.3 Å². The molecule has 44 heavy (non-hydrogen) atoms. The first-order valence-corrected chi connectivity index (χ1v) is 15.7. The highest BCUT2D eigenvalue weighted by Crippen LogP contribution is 2.19. The van der Waals surface area contributed by atoms with Crippen LogP contribution >= 0.6 is 23.2 Å². The van der Waals surface area contributed by atoms with Gasteiger partial charge >= 0.3 is 0 Å². The molecule has 10 nitrogen and oxygen atoms in total. The highest BCUT2D eigenvalue weighted by Gasteiger charge is 2.20. The Balaban J connectivity index is 0.000000215. The molecule has 2 saturated heterocycles. The average molecular weight is 642 g/mol. The van der Waals surface area contributed by atoms with Gasteiger partial charge in [0, 0.05) is 98.5 Å². The SMILES string of the molecule is CC(=O)NCc1ccc(CN2CCN(c3nc(Cl)cc(Cl)n3)CC2)cc1.CC(=O)NCc1ccc(CN2CCNCC2)cc1. The third kappa shape index (κ3) is 11.7. The Hall–Kier alpha value is -3.28. The molecule has 0 radical (unpaired) electrons. The maximum absolute atomic E-state index is 11.0. The fraction of sp³-hybridized carbons (Fsp3) is 0.438. The monoisotopic (exact) mass is 640 g/mol. The highest BCUT2D eigenvalue weighted by molar-refractivity contribution is 6.33. The lowest BCUT2D eigenvalue weighted by Crippen LogP contribution is -2.46. The number of piperazine rings is 2. The number of benzene rings is 2. The molecule has 0 atom stereocenters. The lowest BCUT2D eigenvalue weighted by atomic mass is 10.1. The second-order valence-electron chi connectivity index (χ2n) is 11.1. The minimum Gasteiger partial charge on any atom is -0.352 e. The van der Waals surface area contributed by atoms with E-state index in [1.807, 2.05) is 0 Å². The van der Waals surface area contributed by atoms with Crippen LogP contribution in [0, 0.1) is 0 Å². The fourth-order valence-corrected chi connectivity index (χ4v) is 5.40. The molecule has 2 aliphatic heterocycles. The Labute approximate surface area is 270 Å². The molecule has 0 bridgehead atoms. The van der Waals surface area contributed by atoms with Crippen molar-refractivity contribution in [2.75, 3.05) is 57.3 Å². The molecular weight excluding hydrogens is 599 g/mol. The molecule has 3 heterocycles. The number of aromatic nitrogens is 2. The lowest BCUT2D eigenvalue weighted by molar-refractivity contribution is -0.120. The minimum absolute atomic E-state index is 0.0138. The predicted molar refractivity (Wildman–Crippen MR) is 176 cm³/mol. The van der Waals surface area contributed by atoms with E-state index in [2.05, 4.69) is 89.1 Å². The number of rotatable bonds is 9. The summed E-state index contributed by atoms with van der Waals surface area (Å²) in [6.45, 7) is 14.1. The highest BCUT2D eigenvalue weighted by atomic mass is 35.5. The number of nitrogens with one attached hydrogen (secondary N) is 3. The molecule has 0 saturated carbocycles. The van der Waals surface area contributed by atoms with Gasteiger partial charge < -0.3 is 20.9 Å². The van der Waals surface area contributed by atoms with E-state index in [1.54, 1.807) is 13.0 Å². The second kappa shape index (κ2) is 17.3. The zero-order valence-electron chi connectivity index (χ0n) is 25.5. The molecule has 236 valence electrons. The topological polar surface area (TPSA) is 106 Å². The second-order valence-corrected chi connectivity index (χ2v) is 11.8. The molecule has 2 fully saturated rings. The Kier molecular flexibility index (Phi) is 13.2. The fourth-order valence-electron chi connectivity index (χ4n) is 4.99. The van der Waals surface area contributed by atoms with Crippen LogP contribution in [-0.2, 0) is 35.8 Å². The van der Waals surface area contributed by atoms with Gasteiger partial charge in [-0.2, -0.15) is 0 Å². The van der Waals surface area contributed by atoms with E-state index in [9.17, 15) is 9.59 Å². The summed E-state index contributed by atoms with van der Waals surface area (Å²) in [4.78, 5) is 37.3. The molecule has 2 aliphatic rings. The number of hydrogen-bond acceptors (Lipinski definition) is 8. The summed E-state index contributed by atoms with van der Waals surface area (Å²) in [7, 11) is 0. The predicted octanol–water partition coefficient (Wildman–Crippen LogP) is 3.47. The van der Waals surface area contributed by atoms with Gasteiger partial charge in [-0.25, -0.2) is 9.97 Å². The Morgan fingerprint density at radius 2 is 1.09 bits per heavy atom. The molecular formula is C32H42Cl2N8O2. The van der Waals surface area contributed by atoms with E-state index in [0.29, 0.717) is 29.3 Å². The van der Waals surface area contributed by atoms with Gasteiger partial charge in [-0.1, -0.05) is 71.7 Å². The van der Waals surface area contributed by atoms with Crippen molar-refractivity contribution in [3.05, 3.63) is 87.2 Å². The van der Waals surface area contributed by atoms with Crippen LogP contribution in [0.25, 0.3) is 0 Å². The van der Waals surface area contributed by atoms with Crippen LogP contribution < -0.4 is 20.9 Å². The zero-order valence-corrected chi connectivity index (χ0v) is 27.0. The van der Waals surface area contributed by atoms with Crippen molar-refractivity contribution >= 4 is 41.0 Å². The van der Waals surface area contributed by atoms with Gasteiger partial charge in [-0.3, -0.25) is 19.4 Å². The normalized spacial score (nSPS) is 15.7. The number of amides is 2. The Morgan fingerprint density at radius 1 is 0.682 bits per heavy atom. The van der Waals surface area contributed by atoms with Gasteiger partial charge in [0.05, 0.1) is 0 Å². The quantitative estimate of drug-likeness (QED) is 0.306. The summed E-state index contributed by atoms with van der Waals surface area (Å²) in [6.07, 6.45) is 0. The molecule has 5 rings (SSSR count). The van der Waals surface area contributed by atoms with Crippen LogP contribution in [0.1, 0.15) is 36.1 Å². The van der Waals surface area contributed by atoms with Crippen molar-refractivity contribution in [2.45, 2.75) is 40.0 Å². The molecule has 1 aromatic heterocycles. The number of hydrogen-bond donors (Lipinski definition) is 3. The van der Waals surface area contributed by atoms with Crippen molar-refractivity contribution < 1.29 is 9.59 Å². The summed E-state index contributed by atoms with van der Waals surface area (Å²) in [6, 6.07) is 18.4. The molecule has 2 aromatic carbocycles. The maximum Gasteiger partial charge on any atom is 0.228 e. The van der Waals surface area contributed by atoms with Crippen LogP contribution in [0.15, 0.2) is 54.6 Å². The van der Waals surface area contributed by atoms with Crippen molar-refractivity contribution in [3.63, 3.8) is 0 Å². The summed E-state index contributed by atoms with van der Waals surface area (Å²) >= 11 is 11.9. The molecule has 2 amide bonds. The summed E-state index contributed by atoms with van der Waals surface area (Å²) in [5.41, 5.74) is 4.84. The van der Waals surface area contributed by atoms with Crippen LogP contribution in [0.3, 0.4) is 0 Å². The molecule has 0 aliphatic carbocycles. The van der Waals surface area contributed by atoms with Crippen LogP contribution in [0.2, 0.25) is 10.3 Å². The number of nitrogens with zero attached hydrogens (tertiary/aromatic N) is 5. The standard InChI is InChI=1S/C18H21Cl2N5O.C14H21N3O/c1-13(26)21-11-14-2-4-15(5-3-14)12-24-6-8-25(9-7-24)18-22-16(19)10-17(20)23-18;1-12(18)16-10-13-2-4-14(5-3-13)11-17-8-6-15-7-9-17/h2-5,10H,6-9,11-12H2,1H3,(H,21,26);2-5,15H,6-11H2,1H3,(H,16,18). The zero-order chi connectivity index (χ0) is 31.3. The smallest absolute Gasteiger partial charge is 0.228 e. The van der Waals surface area contributed by atoms with E-state index >= 15 is 0 Å². The van der Waals surface area contributed by atoms with E-state index in [1.165, 1.54) is 18.1 Å². The first kappa shape index (κ1) is 33.6. The third-order valence-corrected chi connectivity index (χ3v) is 7.85. The first-order valence-electron chi connectivity index (χ1n) is 15.0. The minimum atomic E-state index is -0.0167. The summed E-state index contributed by atoms with van der Waals surface area (Å²) in [5.74, 6) is 0.585. The summed E-state index contributed by atoms with van der Waals surface area (Å²) < 4.78 is 0. The Morgan fingerprint density at radius 3 is 1.52 bits per heavy atom. The first-order chi connectivity index (χ1) is 21.2. The maximum atomic E-state index is 11.0. The van der Waals surface area contributed by atoms with Crippen molar-refractivity contribution in [2.24, 2.45) is 0 Å². The number of carbonyl (C=O) groups excluding carboxylic acids is 2. The van der Waals surface area contributed by atoms with E-state index in [-0.39, 0.29) is 11.8 Å². The number of anilines is 1. The van der Waals surface area contributed by atoms with Crippen LogP contribution in [-0.4, -0.2) is 83.9 Å². The van der Waals surface area contributed by atoms with Crippen LogP contribution in [0.4, 0.5) is 5.95 Å². The molecule has 3 aromatic rings. The van der Waals surface area contributed by atoms with E-state index in [0.717, 1.165) is 76.6 Å². The number of halogens is 2. The van der Waals surface area contributed by atoms with E-state index < -0.39 is 0 Å². The van der Waals surface area contributed by atoms with E-state index in [4.69, 9.17) is 23.2 Å². The number of carbonyl (C=O) groups is 2. The van der Waals surface area contributed by atoms with Gasteiger partial charge in [0.1, 0.15) is 10.3 Å². The van der Waals surface area contributed by atoms with Crippen molar-refractivity contribution in [1.82, 2.24) is 35.7 Å². The van der Waals surface area contributed by atoms with Crippen LogP contribution in [0.5, 0.6) is 0 Å². The molecule has 0 spiro atoms. The summed E-state index contributed by atoms with van der Waals surface area (Å²) in [5, 5.41) is 9.69. The van der Waals surface area contributed by atoms with Crippen molar-refractivity contribution in [3.8, 4) is 0 Å². The van der Waals surface area contributed by atoms with Gasteiger partial charge in [0.15, 0.2) is 0 Å². The van der Waals surface area contributed by atoms with Gasteiger partial charge in [-0.15, -0.1) is 0 Å². The third-order valence-electron chi connectivity index (χ3n) is 7.46. The van der Waals surface area contributed by atoms with Crippen molar-refractivity contribution in [1.29, 1.82) is 0 Å². The largest absolute Gasteiger partial charge is 0.352 e. The Bertz CT molecular complexity index is 1320. The molecule has 3 N–H and O–H groups in total. The van der Waals surface area contributed by atoms with Gasteiger partial charge in [0.2, 0.25) is 17.8 Å². The van der Waals surface area contributed by atoms with Gasteiger partial charge in [0.25, 0.3) is 0 Å². The molecule has 12 heteroatoms. The average Bonchev–Trinajstić information content (AvgIpc) is 3.01. The molecule has 0 unspecified atom stereocenters. The lowest BCUT2D eigenvalue weighted by Gasteiger charge is -2.34.